The second-order valence-corrected chi connectivity index (χ2v) is 5.96. The minimum Gasteiger partial charge on any atom is -0.253 e. The van der Waals surface area contributed by atoms with Crippen molar-refractivity contribution < 1.29 is 0 Å². The molecular weight excluding hydrogens is 304 g/mol. The minimum atomic E-state index is 0.532. The number of benzene rings is 2. The van der Waals surface area contributed by atoms with Crippen molar-refractivity contribution in [1.82, 2.24) is 15.0 Å². The number of hydrogen-bond acceptors (Lipinski definition) is 5. The Morgan fingerprint density at radius 1 is 1.00 bits per heavy atom. The maximum atomic E-state index is 9.55. The first-order chi connectivity index (χ1) is 11.3. The molecule has 0 fully saturated rings. The van der Waals surface area contributed by atoms with Gasteiger partial charge in [-0.2, -0.15) is 5.26 Å². The molecule has 2 heterocycles. The van der Waals surface area contributed by atoms with E-state index in [0.29, 0.717) is 5.57 Å². The summed E-state index contributed by atoms with van der Waals surface area (Å²) >= 11 is 1.52. The average Bonchev–Trinajstić information content (AvgIpc) is 3.03. The van der Waals surface area contributed by atoms with Crippen molar-refractivity contribution in [2.24, 2.45) is 0 Å². The molecule has 0 bridgehead atoms. The Labute approximate surface area is 136 Å². The van der Waals surface area contributed by atoms with Crippen molar-refractivity contribution in [3.05, 3.63) is 65.4 Å². The Morgan fingerprint density at radius 3 is 2.70 bits per heavy atom. The molecule has 0 amide bonds. The summed E-state index contributed by atoms with van der Waals surface area (Å²) in [5, 5.41) is 10.3. The lowest BCUT2D eigenvalue weighted by Crippen LogP contribution is -1.87. The molecule has 5 heteroatoms. The third-order valence-corrected chi connectivity index (χ3v) is 4.54. The van der Waals surface area contributed by atoms with Gasteiger partial charge in [-0.15, -0.1) is 11.3 Å². The number of allylic oxidation sites excluding steroid dienone is 1. The summed E-state index contributed by atoms with van der Waals surface area (Å²) < 4.78 is 1.07. The van der Waals surface area contributed by atoms with Gasteiger partial charge in [0, 0.05) is 18.0 Å². The van der Waals surface area contributed by atoms with Crippen LogP contribution in [-0.2, 0) is 0 Å². The number of nitrogens with zero attached hydrogens (tertiary/aromatic N) is 4. The van der Waals surface area contributed by atoms with Gasteiger partial charge in [0.15, 0.2) is 0 Å². The summed E-state index contributed by atoms with van der Waals surface area (Å²) in [6, 6.07) is 15.9. The molecule has 4 nitrogen and oxygen atoms in total. The molecule has 0 aliphatic heterocycles. The summed E-state index contributed by atoms with van der Waals surface area (Å²) in [5.74, 6) is 0. The summed E-state index contributed by atoms with van der Waals surface area (Å²) in [6.07, 6.45) is 5.15. The minimum absolute atomic E-state index is 0.532. The topological polar surface area (TPSA) is 62.5 Å². The van der Waals surface area contributed by atoms with Crippen LogP contribution in [0.4, 0.5) is 0 Å². The second-order valence-electron chi connectivity index (χ2n) is 4.93. The molecule has 0 aliphatic carbocycles. The van der Waals surface area contributed by atoms with Gasteiger partial charge in [0.05, 0.1) is 26.8 Å². The zero-order valence-electron chi connectivity index (χ0n) is 12.0. The second kappa shape index (κ2) is 5.59. The van der Waals surface area contributed by atoms with Gasteiger partial charge in [-0.3, -0.25) is 9.97 Å². The molecule has 0 N–H and O–H groups in total. The van der Waals surface area contributed by atoms with Gasteiger partial charge < -0.3 is 0 Å². The van der Waals surface area contributed by atoms with E-state index < -0.39 is 0 Å². The average molecular weight is 314 g/mol. The van der Waals surface area contributed by atoms with Gasteiger partial charge in [0.2, 0.25) is 0 Å². The highest BCUT2D eigenvalue weighted by Gasteiger charge is 2.10. The molecule has 0 aliphatic rings. The largest absolute Gasteiger partial charge is 0.253 e. The molecule has 0 spiro atoms. The van der Waals surface area contributed by atoms with E-state index in [1.54, 1.807) is 12.4 Å². The normalized spacial score (nSPS) is 11.7. The molecule has 0 saturated carbocycles. The quantitative estimate of drug-likeness (QED) is 0.517. The van der Waals surface area contributed by atoms with Crippen molar-refractivity contribution in [3.63, 3.8) is 0 Å². The molecule has 2 aromatic heterocycles. The lowest BCUT2D eigenvalue weighted by Gasteiger charge is -2.00. The smallest absolute Gasteiger partial charge is 0.135 e. The maximum Gasteiger partial charge on any atom is 0.135 e. The van der Waals surface area contributed by atoms with E-state index in [4.69, 9.17) is 0 Å². The molecule has 2 aromatic carbocycles. The number of fused-ring (bicyclic) bond motifs is 2. The first-order valence-corrected chi connectivity index (χ1v) is 7.84. The van der Waals surface area contributed by atoms with Crippen LogP contribution in [0.5, 0.6) is 0 Å². The Hall–Kier alpha value is -3.10. The number of thiazole rings is 1. The van der Waals surface area contributed by atoms with Crippen molar-refractivity contribution >= 4 is 44.2 Å². The molecule has 23 heavy (non-hydrogen) atoms. The van der Waals surface area contributed by atoms with Gasteiger partial charge >= 0.3 is 0 Å². The van der Waals surface area contributed by atoms with E-state index in [0.717, 1.165) is 31.8 Å². The SMILES string of the molecule is N#CC(=Cc1cccc2nccnc12)c1nc2ccccc2s1. The summed E-state index contributed by atoms with van der Waals surface area (Å²) in [6.45, 7) is 0. The van der Waals surface area contributed by atoms with Crippen LogP contribution in [0.15, 0.2) is 54.9 Å². The number of para-hydroxylation sites is 2. The Kier molecular flexibility index (Phi) is 3.30. The fourth-order valence-electron chi connectivity index (χ4n) is 2.42. The van der Waals surface area contributed by atoms with Crippen LogP contribution < -0.4 is 0 Å². The highest BCUT2D eigenvalue weighted by atomic mass is 32.1. The van der Waals surface area contributed by atoms with Crippen molar-refractivity contribution in [2.45, 2.75) is 0 Å². The summed E-state index contributed by atoms with van der Waals surface area (Å²) in [7, 11) is 0. The van der Waals surface area contributed by atoms with Crippen LogP contribution >= 0.6 is 11.3 Å². The van der Waals surface area contributed by atoms with E-state index in [9.17, 15) is 5.26 Å². The zero-order chi connectivity index (χ0) is 15.6. The van der Waals surface area contributed by atoms with E-state index in [1.165, 1.54) is 11.3 Å². The fourth-order valence-corrected chi connectivity index (χ4v) is 3.35. The van der Waals surface area contributed by atoms with E-state index in [1.807, 2.05) is 48.5 Å². The molecule has 4 rings (SSSR count). The lowest BCUT2D eigenvalue weighted by molar-refractivity contribution is 1.29. The van der Waals surface area contributed by atoms with Crippen LogP contribution in [-0.4, -0.2) is 15.0 Å². The molecular formula is C18H10N4S. The van der Waals surface area contributed by atoms with E-state index in [-0.39, 0.29) is 0 Å². The van der Waals surface area contributed by atoms with E-state index in [2.05, 4.69) is 21.0 Å². The Morgan fingerprint density at radius 2 is 1.83 bits per heavy atom. The lowest BCUT2D eigenvalue weighted by atomic mass is 10.1. The third-order valence-electron chi connectivity index (χ3n) is 3.47. The molecule has 0 saturated heterocycles. The molecule has 0 unspecified atom stereocenters. The number of rotatable bonds is 2. The number of hydrogen-bond donors (Lipinski definition) is 0. The van der Waals surface area contributed by atoms with Gasteiger partial charge in [0.1, 0.15) is 11.1 Å². The standard InChI is InChI=1S/C18H10N4S/c19-11-13(18-22-14-5-1-2-7-16(14)23-18)10-12-4-3-6-15-17(12)21-9-8-20-15/h1-10H. The van der Waals surface area contributed by atoms with Crippen LogP contribution in [0.25, 0.3) is 32.9 Å². The predicted octanol–water partition coefficient (Wildman–Crippen LogP) is 4.30. The Balaban J connectivity index is 1.88. The van der Waals surface area contributed by atoms with Gasteiger partial charge in [-0.05, 0) is 24.3 Å². The van der Waals surface area contributed by atoms with Gasteiger partial charge in [0.25, 0.3) is 0 Å². The van der Waals surface area contributed by atoms with Crippen molar-refractivity contribution in [2.75, 3.05) is 0 Å². The van der Waals surface area contributed by atoms with Crippen LogP contribution in [0.3, 0.4) is 0 Å². The number of aromatic nitrogens is 3. The highest BCUT2D eigenvalue weighted by Crippen LogP contribution is 2.28. The first-order valence-electron chi connectivity index (χ1n) is 7.02. The molecule has 108 valence electrons. The van der Waals surface area contributed by atoms with Gasteiger partial charge in [-0.1, -0.05) is 24.3 Å². The zero-order valence-corrected chi connectivity index (χ0v) is 12.8. The molecule has 4 aromatic rings. The van der Waals surface area contributed by atoms with Crippen LogP contribution in [0.1, 0.15) is 10.6 Å². The van der Waals surface area contributed by atoms with Crippen LogP contribution in [0, 0.1) is 11.3 Å². The predicted molar refractivity (Wildman–Crippen MR) is 92.6 cm³/mol. The van der Waals surface area contributed by atoms with Crippen molar-refractivity contribution in [1.29, 1.82) is 5.26 Å². The highest BCUT2D eigenvalue weighted by molar-refractivity contribution is 7.19. The summed E-state index contributed by atoms with van der Waals surface area (Å²) in [5.41, 5.74) is 3.90. The fraction of sp³-hybridized carbons (Fsp3) is 0. The maximum absolute atomic E-state index is 9.55. The first kappa shape index (κ1) is 13.6. The molecule has 0 atom stereocenters. The van der Waals surface area contributed by atoms with Gasteiger partial charge in [-0.25, -0.2) is 4.98 Å². The number of nitriles is 1. The summed E-state index contributed by atoms with van der Waals surface area (Å²) in [4.78, 5) is 13.2. The third kappa shape index (κ3) is 2.45. The Bertz CT molecular complexity index is 1050. The monoisotopic (exact) mass is 314 g/mol. The van der Waals surface area contributed by atoms with E-state index >= 15 is 0 Å². The molecule has 0 radical (unpaired) electrons. The van der Waals surface area contributed by atoms with Crippen molar-refractivity contribution in [3.8, 4) is 6.07 Å². The van der Waals surface area contributed by atoms with Crippen LogP contribution in [0.2, 0.25) is 0 Å².